The molecule has 0 spiro atoms. The molecule has 0 radical (unpaired) electrons. The number of nitrogens with one attached hydrogen (secondary N) is 2. The van der Waals surface area contributed by atoms with Crippen molar-refractivity contribution in [1.29, 1.82) is 0 Å². The van der Waals surface area contributed by atoms with Crippen molar-refractivity contribution in [2.75, 3.05) is 13.7 Å². The third-order valence-electron chi connectivity index (χ3n) is 4.67. The first kappa shape index (κ1) is 15.6. The molecule has 6 heteroatoms. The van der Waals surface area contributed by atoms with Gasteiger partial charge in [-0.1, -0.05) is 31.0 Å². The minimum atomic E-state index is -0.474. The van der Waals surface area contributed by atoms with Gasteiger partial charge in [0.2, 0.25) is 5.91 Å². The van der Waals surface area contributed by atoms with Gasteiger partial charge < -0.3 is 20.3 Å². The molecule has 2 aliphatic rings. The molecule has 1 saturated heterocycles. The standard InChI is InChI=1S/C17H23N3O3/c1-23-15-9-5-2-6-12(15)10-18-16(21)14-11-20(17(22)19-14)13-7-3-4-8-13/h2,5-6,9,13-14H,3-4,7-8,10-11H2,1H3,(H,18,21)(H,19,22). The minimum absolute atomic E-state index is 0.116. The number of ether oxygens (including phenoxy) is 1. The van der Waals surface area contributed by atoms with Gasteiger partial charge >= 0.3 is 6.03 Å². The topological polar surface area (TPSA) is 70.7 Å². The maximum atomic E-state index is 12.3. The predicted molar refractivity (Wildman–Crippen MR) is 86.1 cm³/mol. The summed E-state index contributed by atoms with van der Waals surface area (Å²) in [7, 11) is 1.61. The Hall–Kier alpha value is -2.24. The summed E-state index contributed by atoms with van der Waals surface area (Å²) in [4.78, 5) is 26.2. The number of carbonyl (C=O) groups is 2. The van der Waals surface area contributed by atoms with E-state index in [2.05, 4.69) is 10.6 Å². The molecule has 23 heavy (non-hydrogen) atoms. The van der Waals surface area contributed by atoms with Crippen molar-refractivity contribution in [2.24, 2.45) is 0 Å². The summed E-state index contributed by atoms with van der Waals surface area (Å²) in [5.41, 5.74) is 0.917. The van der Waals surface area contributed by atoms with E-state index in [1.807, 2.05) is 29.2 Å². The lowest BCUT2D eigenvalue weighted by molar-refractivity contribution is -0.122. The lowest BCUT2D eigenvalue weighted by Gasteiger charge is -2.22. The second-order valence-corrected chi connectivity index (χ2v) is 6.12. The van der Waals surface area contributed by atoms with Gasteiger partial charge in [0.05, 0.1) is 13.7 Å². The van der Waals surface area contributed by atoms with Crippen molar-refractivity contribution in [3.63, 3.8) is 0 Å². The van der Waals surface area contributed by atoms with Gasteiger partial charge in [-0.05, 0) is 18.9 Å². The van der Waals surface area contributed by atoms with Gasteiger partial charge in [-0.15, -0.1) is 0 Å². The van der Waals surface area contributed by atoms with Crippen LogP contribution in [0.3, 0.4) is 0 Å². The number of urea groups is 1. The van der Waals surface area contributed by atoms with E-state index in [1.165, 1.54) is 12.8 Å². The van der Waals surface area contributed by atoms with E-state index in [9.17, 15) is 9.59 Å². The lowest BCUT2D eigenvalue weighted by Crippen LogP contribution is -2.42. The van der Waals surface area contributed by atoms with Crippen molar-refractivity contribution in [3.8, 4) is 5.75 Å². The number of hydrogen-bond donors (Lipinski definition) is 2. The average molecular weight is 317 g/mol. The zero-order valence-electron chi connectivity index (χ0n) is 13.4. The number of nitrogens with zero attached hydrogens (tertiary/aromatic N) is 1. The van der Waals surface area contributed by atoms with Crippen LogP contribution in [0.4, 0.5) is 4.79 Å². The number of hydrogen-bond acceptors (Lipinski definition) is 3. The molecule has 1 atom stereocenters. The maximum Gasteiger partial charge on any atom is 0.318 e. The number of para-hydroxylation sites is 1. The monoisotopic (exact) mass is 317 g/mol. The lowest BCUT2D eigenvalue weighted by atomic mass is 10.2. The molecular formula is C17H23N3O3. The molecule has 2 N–H and O–H groups in total. The van der Waals surface area contributed by atoms with Crippen molar-refractivity contribution < 1.29 is 14.3 Å². The highest BCUT2D eigenvalue weighted by Gasteiger charge is 2.38. The first-order valence-electron chi connectivity index (χ1n) is 8.16. The minimum Gasteiger partial charge on any atom is -0.496 e. The Labute approximate surface area is 136 Å². The summed E-state index contributed by atoms with van der Waals surface area (Å²) in [6, 6.07) is 7.27. The van der Waals surface area contributed by atoms with Crippen molar-refractivity contribution in [1.82, 2.24) is 15.5 Å². The van der Waals surface area contributed by atoms with E-state index >= 15 is 0 Å². The van der Waals surface area contributed by atoms with Crippen LogP contribution in [-0.2, 0) is 11.3 Å². The van der Waals surface area contributed by atoms with E-state index in [-0.39, 0.29) is 11.9 Å². The fourth-order valence-electron chi connectivity index (χ4n) is 3.39. The van der Waals surface area contributed by atoms with E-state index < -0.39 is 6.04 Å². The fourth-order valence-corrected chi connectivity index (χ4v) is 3.39. The highest BCUT2D eigenvalue weighted by Crippen LogP contribution is 2.25. The van der Waals surface area contributed by atoms with Crippen molar-refractivity contribution in [3.05, 3.63) is 29.8 Å². The molecule has 6 nitrogen and oxygen atoms in total. The molecule has 1 aliphatic heterocycles. The van der Waals surface area contributed by atoms with Gasteiger partial charge in [-0.25, -0.2) is 4.79 Å². The van der Waals surface area contributed by atoms with E-state index in [1.54, 1.807) is 7.11 Å². The summed E-state index contributed by atoms with van der Waals surface area (Å²) in [6.45, 7) is 0.847. The SMILES string of the molecule is COc1ccccc1CNC(=O)C1CN(C2CCCC2)C(=O)N1. The first-order chi connectivity index (χ1) is 11.2. The van der Waals surface area contributed by atoms with Crippen molar-refractivity contribution in [2.45, 2.75) is 44.3 Å². The molecule has 3 rings (SSSR count). The number of carbonyl (C=O) groups excluding carboxylic acids is 2. The largest absolute Gasteiger partial charge is 0.496 e. The van der Waals surface area contributed by atoms with Gasteiger partial charge in [0.1, 0.15) is 11.8 Å². The first-order valence-corrected chi connectivity index (χ1v) is 8.16. The molecule has 3 amide bonds. The van der Waals surface area contributed by atoms with Crippen LogP contribution in [0, 0.1) is 0 Å². The molecular weight excluding hydrogens is 294 g/mol. The van der Waals surface area contributed by atoms with Crippen LogP contribution in [0.15, 0.2) is 24.3 Å². The molecule has 0 bridgehead atoms. The second kappa shape index (κ2) is 6.89. The van der Waals surface area contributed by atoms with E-state index in [0.29, 0.717) is 19.1 Å². The van der Waals surface area contributed by atoms with Gasteiger partial charge in [0, 0.05) is 18.2 Å². The highest BCUT2D eigenvalue weighted by molar-refractivity contribution is 5.90. The molecule has 1 aliphatic carbocycles. The molecule has 1 saturated carbocycles. The Kier molecular flexibility index (Phi) is 4.69. The van der Waals surface area contributed by atoms with E-state index in [4.69, 9.17) is 4.74 Å². The zero-order chi connectivity index (χ0) is 16.2. The average Bonchev–Trinajstić information content (AvgIpc) is 3.22. The third kappa shape index (κ3) is 3.41. The summed E-state index contributed by atoms with van der Waals surface area (Å²) in [5.74, 6) is 0.598. The van der Waals surface area contributed by atoms with Gasteiger partial charge in [0.25, 0.3) is 0 Å². The predicted octanol–water partition coefficient (Wildman–Crippen LogP) is 1.65. The van der Waals surface area contributed by atoms with Gasteiger partial charge in [-0.2, -0.15) is 0 Å². The molecule has 124 valence electrons. The van der Waals surface area contributed by atoms with E-state index in [0.717, 1.165) is 24.2 Å². The number of benzene rings is 1. The smallest absolute Gasteiger partial charge is 0.318 e. The molecule has 1 aromatic rings. The molecule has 1 heterocycles. The Bertz CT molecular complexity index is 584. The summed E-state index contributed by atoms with van der Waals surface area (Å²) in [5, 5.41) is 5.68. The van der Waals surface area contributed by atoms with Crippen LogP contribution in [-0.4, -0.2) is 42.6 Å². The summed E-state index contributed by atoms with van der Waals surface area (Å²) in [6.07, 6.45) is 4.42. The molecule has 1 aromatic carbocycles. The van der Waals surface area contributed by atoms with Crippen LogP contribution in [0.5, 0.6) is 5.75 Å². The Balaban J connectivity index is 1.55. The summed E-state index contributed by atoms with van der Waals surface area (Å²) >= 11 is 0. The van der Waals surface area contributed by atoms with Crippen LogP contribution < -0.4 is 15.4 Å². The normalized spacial score (nSPS) is 21.3. The van der Waals surface area contributed by atoms with Crippen LogP contribution >= 0.6 is 0 Å². The second-order valence-electron chi connectivity index (χ2n) is 6.12. The van der Waals surface area contributed by atoms with Crippen molar-refractivity contribution >= 4 is 11.9 Å². The van der Waals surface area contributed by atoms with Crippen LogP contribution in [0.2, 0.25) is 0 Å². The maximum absolute atomic E-state index is 12.3. The van der Waals surface area contributed by atoms with Crippen LogP contribution in [0.25, 0.3) is 0 Å². The van der Waals surface area contributed by atoms with Crippen LogP contribution in [0.1, 0.15) is 31.2 Å². The molecule has 0 aromatic heterocycles. The highest BCUT2D eigenvalue weighted by atomic mass is 16.5. The Morgan fingerprint density at radius 1 is 1.35 bits per heavy atom. The number of rotatable bonds is 5. The molecule has 2 fully saturated rings. The molecule has 1 unspecified atom stereocenters. The van der Waals surface area contributed by atoms with Gasteiger partial charge in [-0.3, -0.25) is 4.79 Å². The Morgan fingerprint density at radius 2 is 2.09 bits per heavy atom. The number of methoxy groups -OCH3 is 1. The fraction of sp³-hybridized carbons (Fsp3) is 0.529. The third-order valence-corrected chi connectivity index (χ3v) is 4.67. The summed E-state index contributed by atoms with van der Waals surface area (Å²) < 4.78 is 5.28. The number of amides is 3. The quantitative estimate of drug-likeness (QED) is 0.867. The van der Waals surface area contributed by atoms with Gasteiger partial charge in [0.15, 0.2) is 0 Å². The Morgan fingerprint density at radius 3 is 2.83 bits per heavy atom. The zero-order valence-corrected chi connectivity index (χ0v) is 13.4.